The summed E-state index contributed by atoms with van der Waals surface area (Å²) in [5.41, 5.74) is 2.82. The number of rotatable bonds is 3. The third-order valence-corrected chi connectivity index (χ3v) is 6.33. The number of aryl methyl sites for hydroxylation is 1. The van der Waals surface area contributed by atoms with Gasteiger partial charge in [0.25, 0.3) is 5.91 Å². The molecule has 0 aliphatic carbocycles. The number of carbonyl (C=O) groups is 2. The molecule has 5 rings (SSSR count). The van der Waals surface area contributed by atoms with Gasteiger partial charge in [-0.1, -0.05) is 65.7 Å². The van der Waals surface area contributed by atoms with Crippen LogP contribution in [0, 0.1) is 12.8 Å². The number of fused-ring (bicyclic) bond motifs is 1. The third-order valence-electron chi connectivity index (χ3n) is 5.76. The van der Waals surface area contributed by atoms with Crippen LogP contribution in [0.4, 0.5) is 11.4 Å². The molecule has 3 unspecified atom stereocenters. The number of carbonyl (C=O) groups excluding carboxylic acids is 2. The fraction of sp³-hybridized carbons (Fsp3) is 0.167. The van der Waals surface area contributed by atoms with Crippen LogP contribution in [0.3, 0.4) is 0 Å². The van der Waals surface area contributed by atoms with Gasteiger partial charge in [-0.2, -0.15) is 0 Å². The lowest BCUT2D eigenvalue weighted by Gasteiger charge is -2.29. The maximum atomic E-state index is 13.6. The van der Waals surface area contributed by atoms with Gasteiger partial charge in [-0.15, -0.1) is 0 Å². The van der Waals surface area contributed by atoms with E-state index in [0.717, 1.165) is 11.3 Å². The zero-order chi connectivity index (χ0) is 21.7. The van der Waals surface area contributed by atoms with E-state index in [1.165, 1.54) is 4.90 Å². The van der Waals surface area contributed by atoms with Crippen LogP contribution in [-0.4, -0.2) is 17.9 Å². The predicted molar refractivity (Wildman–Crippen MR) is 120 cm³/mol. The van der Waals surface area contributed by atoms with Crippen LogP contribution >= 0.6 is 23.2 Å². The number of halogens is 2. The summed E-state index contributed by atoms with van der Waals surface area (Å²) in [5, 5.41) is 2.53. The SMILES string of the molecule is Cc1ccccc1N1C(=O)C2ON(c3ccccc3)C(c3ccc(Cl)cc3Cl)C2C1=O. The average Bonchev–Trinajstić information content (AvgIpc) is 3.26. The molecule has 0 radical (unpaired) electrons. The molecule has 5 nitrogen and oxygen atoms in total. The van der Waals surface area contributed by atoms with E-state index in [0.29, 0.717) is 21.3 Å². The number of nitrogens with zero attached hydrogens (tertiary/aromatic N) is 2. The van der Waals surface area contributed by atoms with E-state index in [4.69, 9.17) is 28.0 Å². The van der Waals surface area contributed by atoms with Gasteiger partial charge in [-0.25, -0.2) is 9.96 Å². The zero-order valence-electron chi connectivity index (χ0n) is 16.5. The summed E-state index contributed by atoms with van der Waals surface area (Å²) in [6.45, 7) is 1.87. The van der Waals surface area contributed by atoms with Gasteiger partial charge in [0, 0.05) is 10.0 Å². The number of hydrogen-bond acceptors (Lipinski definition) is 4. The van der Waals surface area contributed by atoms with Crippen molar-refractivity contribution in [2.24, 2.45) is 5.92 Å². The second-order valence-electron chi connectivity index (χ2n) is 7.62. The molecule has 0 N–H and O–H groups in total. The molecule has 31 heavy (non-hydrogen) atoms. The first-order valence-electron chi connectivity index (χ1n) is 9.87. The molecule has 3 aromatic carbocycles. The lowest BCUT2D eigenvalue weighted by atomic mass is 9.90. The number of hydroxylamine groups is 1. The maximum Gasteiger partial charge on any atom is 0.266 e. The molecule has 0 aromatic heterocycles. The fourth-order valence-electron chi connectivity index (χ4n) is 4.32. The van der Waals surface area contributed by atoms with Crippen LogP contribution in [-0.2, 0) is 14.4 Å². The molecule has 2 heterocycles. The van der Waals surface area contributed by atoms with Crippen LogP contribution in [0.15, 0.2) is 72.8 Å². The van der Waals surface area contributed by atoms with Crippen molar-refractivity contribution in [3.05, 3.63) is 94.0 Å². The lowest BCUT2D eigenvalue weighted by Crippen LogP contribution is -2.37. The highest BCUT2D eigenvalue weighted by atomic mass is 35.5. The number of para-hydroxylation sites is 2. The molecule has 0 spiro atoms. The normalized spacial score (nSPS) is 22.9. The first-order valence-corrected chi connectivity index (χ1v) is 10.6. The second-order valence-corrected chi connectivity index (χ2v) is 8.47. The minimum atomic E-state index is -0.941. The van der Waals surface area contributed by atoms with Crippen LogP contribution in [0.5, 0.6) is 0 Å². The molecule has 156 valence electrons. The summed E-state index contributed by atoms with van der Waals surface area (Å²) in [6, 6.07) is 21.2. The average molecular weight is 453 g/mol. The number of hydrogen-bond donors (Lipinski definition) is 0. The van der Waals surface area contributed by atoms with E-state index in [9.17, 15) is 9.59 Å². The molecule has 3 aromatic rings. The molecule has 0 bridgehead atoms. The van der Waals surface area contributed by atoms with Gasteiger partial charge < -0.3 is 0 Å². The Morgan fingerprint density at radius 3 is 2.29 bits per heavy atom. The molecule has 2 saturated heterocycles. The van der Waals surface area contributed by atoms with Gasteiger partial charge in [-0.05, 0) is 48.4 Å². The standard InChI is InChI=1S/C24H18Cl2N2O3/c1-14-7-5-6-10-19(14)27-23(29)20-21(17-12-11-15(25)13-18(17)26)28(31-22(20)24(27)30)16-8-3-2-4-9-16/h2-13,20-22H,1H3. The van der Waals surface area contributed by atoms with Crippen LogP contribution in [0.1, 0.15) is 17.2 Å². The molecule has 2 aliphatic heterocycles. The minimum Gasteiger partial charge on any atom is -0.273 e. The van der Waals surface area contributed by atoms with Crippen molar-refractivity contribution in [1.29, 1.82) is 0 Å². The molecule has 3 atom stereocenters. The molecule has 2 fully saturated rings. The smallest absolute Gasteiger partial charge is 0.266 e. The Bertz CT molecular complexity index is 1180. The van der Waals surface area contributed by atoms with Gasteiger partial charge in [0.2, 0.25) is 5.91 Å². The summed E-state index contributed by atoms with van der Waals surface area (Å²) in [7, 11) is 0. The quantitative estimate of drug-likeness (QED) is 0.502. The van der Waals surface area contributed by atoms with Gasteiger partial charge in [0.1, 0.15) is 5.92 Å². The van der Waals surface area contributed by atoms with E-state index in [1.54, 1.807) is 29.3 Å². The summed E-state index contributed by atoms with van der Waals surface area (Å²) in [6.07, 6.45) is -0.941. The molecule has 2 amide bonds. The molecule has 0 saturated carbocycles. The number of anilines is 2. The summed E-state index contributed by atoms with van der Waals surface area (Å²) in [4.78, 5) is 34.3. The Labute approximate surface area is 189 Å². The highest BCUT2D eigenvalue weighted by Crippen LogP contribution is 2.49. The predicted octanol–water partition coefficient (Wildman–Crippen LogP) is 5.35. The van der Waals surface area contributed by atoms with E-state index in [1.807, 2.05) is 55.5 Å². The Morgan fingerprint density at radius 1 is 0.871 bits per heavy atom. The van der Waals surface area contributed by atoms with Crippen molar-refractivity contribution < 1.29 is 14.4 Å². The van der Waals surface area contributed by atoms with Crippen molar-refractivity contribution in [2.45, 2.75) is 19.1 Å². The highest BCUT2D eigenvalue weighted by molar-refractivity contribution is 6.35. The summed E-state index contributed by atoms with van der Waals surface area (Å²) >= 11 is 12.6. The topological polar surface area (TPSA) is 49.9 Å². The van der Waals surface area contributed by atoms with Crippen LogP contribution < -0.4 is 9.96 Å². The molecular weight excluding hydrogens is 435 g/mol. The van der Waals surface area contributed by atoms with Gasteiger partial charge >= 0.3 is 0 Å². The van der Waals surface area contributed by atoms with Gasteiger partial charge in [0.05, 0.1) is 17.4 Å². The van der Waals surface area contributed by atoms with Crippen molar-refractivity contribution in [3.8, 4) is 0 Å². The van der Waals surface area contributed by atoms with Crippen molar-refractivity contribution in [3.63, 3.8) is 0 Å². The Balaban J connectivity index is 1.63. The Hall–Kier alpha value is -2.86. The minimum absolute atomic E-state index is 0.307. The van der Waals surface area contributed by atoms with Crippen molar-refractivity contribution >= 4 is 46.4 Å². The Kier molecular flexibility index (Phi) is 4.97. The van der Waals surface area contributed by atoms with Crippen LogP contribution in [0.2, 0.25) is 10.0 Å². The molecule has 2 aliphatic rings. The van der Waals surface area contributed by atoms with Gasteiger partial charge in [-0.3, -0.25) is 14.4 Å². The number of amides is 2. The highest BCUT2D eigenvalue weighted by Gasteiger charge is 2.60. The number of imide groups is 1. The molecule has 7 heteroatoms. The van der Waals surface area contributed by atoms with Crippen molar-refractivity contribution in [1.82, 2.24) is 0 Å². The van der Waals surface area contributed by atoms with E-state index >= 15 is 0 Å². The van der Waals surface area contributed by atoms with Crippen molar-refractivity contribution in [2.75, 3.05) is 9.96 Å². The summed E-state index contributed by atoms with van der Waals surface area (Å²) < 4.78 is 0. The lowest BCUT2D eigenvalue weighted by molar-refractivity contribution is -0.126. The number of benzene rings is 3. The van der Waals surface area contributed by atoms with E-state index in [2.05, 4.69) is 0 Å². The molecular formula is C24H18Cl2N2O3. The third kappa shape index (κ3) is 3.21. The summed E-state index contributed by atoms with van der Waals surface area (Å²) in [5.74, 6) is -1.43. The zero-order valence-corrected chi connectivity index (χ0v) is 18.0. The Morgan fingerprint density at radius 2 is 1.58 bits per heavy atom. The first-order chi connectivity index (χ1) is 15.0. The second kappa shape index (κ2) is 7.68. The van der Waals surface area contributed by atoms with E-state index in [-0.39, 0.29) is 11.8 Å². The van der Waals surface area contributed by atoms with Gasteiger partial charge in [0.15, 0.2) is 6.10 Å². The maximum absolute atomic E-state index is 13.6. The fourth-order valence-corrected chi connectivity index (χ4v) is 4.84. The van der Waals surface area contributed by atoms with E-state index < -0.39 is 18.1 Å². The first kappa shape index (κ1) is 20.1. The van der Waals surface area contributed by atoms with Crippen LogP contribution in [0.25, 0.3) is 0 Å². The monoisotopic (exact) mass is 452 g/mol. The largest absolute Gasteiger partial charge is 0.273 e.